The Labute approximate surface area is 266 Å². The zero-order chi connectivity index (χ0) is 28.5. The van der Waals surface area contributed by atoms with Gasteiger partial charge in [0.15, 0.2) is 0 Å². The minimum atomic E-state index is -0.446. The van der Waals surface area contributed by atoms with Crippen LogP contribution in [0.25, 0.3) is 0 Å². The number of hydrogen-bond acceptors (Lipinski definition) is 1. The smallest absolute Gasteiger partial charge is 0.0587 e. The Morgan fingerprint density at radius 2 is 0.452 bits per heavy atom. The summed E-state index contributed by atoms with van der Waals surface area (Å²) in [5, 5.41) is 15.7. The molecule has 0 aliphatic carbocycles. The third-order valence-electron chi connectivity index (χ3n) is 6.09. The Morgan fingerprint density at radius 1 is 0.333 bits per heavy atom. The van der Waals surface area contributed by atoms with Crippen LogP contribution in [0.1, 0.15) is 6.92 Å². The van der Waals surface area contributed by atoms with E-state index >= 15 is 0 Å². The number of nitriles is 1. The summed E-state index contributed by atoms with van der Waals surface area (Å²) in [5.74, 6) is 0. The second kappa shape index (κ2) is 18.7. The van der Waals surface area contributed by atoms with Gasteiger partial charge < -0.3 is 0 Å². The van der Waals surface area contributed by atoms with Crippen LogP contribution >= 0.6 is 15.8 Å². The fourth-order valence-corrected chi connectivity index (χ4v) is 8.97. The number of rotatable bonds is 6. The molecule has 0 bridgehead atoms. The van der Waals surface area contributed by atoms with Crippen LogP contribution in [0, 0.1) is 11.3 Å². The molecule has 6 aromatic carbocycles. The van der Waals surface area contributed by atoms with Gasteiger partial charge in [0, 0.05) is 26.4 Å². The zero-order valence-corrected chi connectivity index (χ0v) is 27.0. The van der Waals surface area contributed by atoms with Crippen LogP contribution < -0.4 is 31.8 Å². The molecule has 0 N–H and O–H groups in total. The van der Waals surface area contributed by atoms with Gasteiger partial charge in [-0.1, -0.05) is 182 Å². The molecule has 0 radical (unpaired) electrons. The summed E-state index contributed by atoms with van der Waals surface area (Å²) in [7, 11) is -0.892. The number of hydrogen-bond donors (Lipinski definition) is 0. The quantitative estimate of drug-likeness (QED) is 0.134. The van der Waals surface area contributed by atoms with E-state index in [2.05, 4.69) is 182 Å². The van der Waals surface area contributed by atoms with E-state index in [4.69, 9.17) is 5.26 Å². The first-order valence-electron chi connectivity index (χ1n) is 13.5. The fourth-order valence-electron chi connectivity index (χ4n) is 4.36. The zero-order valence-electron chi connectivity index (χ0n) is 23.5. The largest absolute Gasteiger partial charge is 0.199 e. The van der Waals surface area contributed by atoms with Crippen LogP contribution in [0.5, 0.6) is 0 Å². The van der Waals surface area contributed by atoms with Gasteiger partial charge in [-0.3, -0.25) is 0 Å². The standard InChI is InChI=1S/2C18H15P.C2H3N.Ru/c2*1-4-10-16(11-5-1)19(17-12-6-2-7-13-17)18-14-8-3-9-15-18;1-2-3;/h2*1-15H;1H3;. The van der Waals surface area contributed by atoms with Gasteiger partial charge >= 0.3 is 0 Å². The van der Waals surface area contributed by atoms with Gasteiger partial charge in [0.1, 0.15) is 0 Å². The van der Waals surface area contributed by atoms with Gasteiger partial charge in [-0.25, -0.2) is 0 Å². The van der Waals surface area contributed by atoms with Crippen LogP contribution in [0.3, 0.4) is 0 Å². The van der Waals surface area contributed by atoms with Gasteiger partial charge in [-0.15, -0.1) is 0 Å². The molecule has 6 rings (SSSR count). The Bertz CT molecular complexity index is 1270. The summed E-state index contributed by atoms with van der Waals surface area (Å²) in [6.45, 7) is 1.43. The van der Waals surface area contributed by atoms with Crippen LogP contribution in [0.4, 0.5) is 0 Å². The van der Waals surface area contributed by atoms with Crippen molar-refractivity contribution in [2.75, 3.05) is 0 Å². The molecule has 1 nitrogen and oxygen atoms in total. The predicted molar refractivity (Wildman–Crippen MR) is 182 cm³/mol. The first-order valence-corrected chi connectivity index (χ1v) is 16.2. The van der Waals surface area contributed by atoms with Gasteiger partial charge in [0.25, 0.3) is 0 Å². The molecule has 0 saturated heterocycles. The number of benzene rings is 6. The monoisotopic (exact) mass is 667 g/mol. The van der Waals surface area contributed by atoms with Crippen molar-refractivity contribution in [2.24, 2.45) is 0 Å². The van der Waals surface area contributed by atoms with E-state index < -0.39 is 15.8 Å². The molecular formula is C38H33NP2Ru. The second-order valence-corrected chi connectivity index (χ2v) is 13.3. The summed E-state index contributed by atoms with van der Waals surface area (Å²) < 4.78 is 0. The van der Waals surface area contributed by atoms with Crippen molar-refractivity contribution in [3.05, 3.63) is 182 Å². The van der Waals surface area contributed by atoms with E-state index in [0.29, 0.717) is 0 Å². The molecule has 0 fully saturated rings. The first-order chi connectivity index (χ1) is 20.3. The molecule has 0 heterocycles. The molecule has 4 heteroatoms. The predicted octanol–water partition coefficient (Wildman–Crippen LogP) is 7.42. The molecule has 0 spiro atoms. The van der Waals surface area contributed by atoms with Crippen molar-refractivity contribution in [3.8, 4) is 6.07 Å². The van der Waals surface area contributed by atoms with Crippen molar-refractivity contribution in [3.63, 3.8) is 0 Å². The molecular weight excluding hydrogens is 633 g/mol. The average molecular weight is 667 g/mol. The molecule has 0 saturated carbocycles. The third kappa shape index (κ3) is 9.69. The Morgan fingerprint density at radius 3 is 0.571 bits per heavy atom. The molecule has 6 aromatic rings. The third-order valence-corrected chi connectivity index (χ3v) is 11.0. The van der Waals surface area contributed by atoms with E-state index in [1.165, 1.54) is 38.8 Å². The van der Waals surface area contributed by atoms with E-state index in [1.807, 2.05) is 0 Å². The Kier molecular flexibility index (Phi) is 14.6. The maximum Gasteiger partial charge on any atom is 0.0587 e. The molecule has 0 aliphatic heterocycles. The van der Waals surface area contributed by atoms with Crippen LogP contribution in [-0.2, 0) is 19.5 Å². The minimum Gasteiger partial charge on any atom is -0.199 e. The molecule has 208 valence electrons. The Balaban J connectivity index is 0.000000207. The molecule has 0 aliphatic rings. The second-order valence-electron chi connectivity index (χ2n) is 8.91. The van der Waals surface area contributed by atoms with Crippen molar-refractivity contribution in [2.45, 2.75) is 6.92 Å². The van der Waals surface area contributed by atoms with E-state index in [0.717, 1.165) is 0 Å². The van der Waals surface area contributed by atoms with Crippen LogP contribution in [0.15, 0.2) is 182 Å². The van der Waals surface area contributed by atoms with Gasteiger partial charge in [0.05, 0.1) is 6.07 Å². The summed E-state index contributed by atoms with van der Waals surface area (Å²) in [5.41, 5.74) is 0. The SMILES string of the molecule is CC#N.[Ru].c1ccc(P(c2ccccc2)c2ccccc2)cc1.c1ccc(P(c2ccccc2)c2ccccc2)cc1. The molecule has 0 amide bonds. The van der Waals surface area contributed by atoms with Crippen molar-refractivity contribution in [1.82, 2.24) is 0 Å². The van der Waals surface area contributed by atoms with Gasteiger partial charge in [0.2, 0.25) is 0 Å². The van der Waals surface area contributed by atoms with Gasteiger partial charge in [-0.05, 0) is 47.7 Å². The van der Waals surface area contributed by atoms with E-state index in [-0.39, 0.29) is 19.5 Å². The van der Waals surface area contributed by atoms with Crippen molar-refractivity contribution < 1.29 is 19.5 Å². The maximum absolute atomic E-state index is 7.32. The summed E-state index contributed by atoms with van der Waals surface area (Å²) >= 11 is 0. The van der Waals surface area contributed by atoms with Gasteiger partial charge in [-0.2, -0.15) is 5.26 Å². The first kappa shape index (κ1) is 32.8. The number of nitrogens with zero attached hydrogens (tertiary/aromatic N) is 1. The normalized spacial score (nSPS) is 9.76. The van der Waals surface area contributed by atoms with Crippen LogP contribution in [-0.4, -0.2) is 0 Å². The maximum atomic E-state index is 7.32. The van der Waals surface area contributed by atoms with E-state index in [9.17, 15) is 0 Å². The van der Waals surface area contributed by atoms with Crippen LogP contribution in [0.2, 0.25) is 0 Å². The summed E-state index contributed by atoms with van der Waals surface area (Å²) in [4.78, 5) is 0. The molecule has 0 unspecified atom stereocenters. The molecule has 0 atom stereocenters. The van der Waals surface area contributed by atoms with Crippen molar-refractivity contribution in [1.29, 1.82) is 5.26 Å². The summed E-state index contributed by atoms with van der Waals surface area (Å²) in [6, 6.07) is 66.4. The fraction of sp³-hybridized carbons (Fsp3) is 0.0263. The molecule has 0 aromatic heterocycles. The topological polar surface area (TPSA) is 23.8 Å². The van der Waals surface area contributed by atoms with Crippen molar-refractivity contribution >= 4 is 47.7 Å². The average Bonchev–Trinajstić information content (AvgIpc) is 3.05. The molecule has 42 heavy (non-hydrogen) atoms. The Hall–Kier alpha value is -3.71. The minimum absolute atomic E-state index is 0. The van der Waals surface area contributed by atoms with E-state index in [1.54, 1.807) is 6.07 Å². The summed E-state index contributed by atoms with van der Waals surface area (Å²) in [6.07, 6.45) is 0.